The fourth-order valence-corrected chi connectivity index (χ4v) is 3.04. The van der Waals surface area contributed by atoms with Gasteiger partial charge in [-0.2, -0.15) is 11.8 Å². The van der Waals surface area contributed by atoms with Crippen LogP contribution in [0.15, 0.2) is 30.3 Å². The predicted molar refractivity (Wildman–Crippen MR) is 81.5 cm³/mol. The van der Waals surface area contributed by atoms with Crippen LogP contribution < -0.4 is 5.32 Å². The second-order valence-corrected chi connectivity index (χ2v) is 6.33. The van der Waals surface area contributed by atoms with Gasteiger partial charge in [0.05, 0.1) is 0 Å². The van der Waals surface area contributed by atoms with Crippen molar-refractivity contribution in [3.05, 3.63) is 35.9 Å². The number of carboxylic acid groups (broad SMARTS) is 1. The summed E-state index contributed by atoms with van der Waals surface area (Å²) in [6.45, 7) is 5.70. The molecule has 1 aromatic rings. The Labute approximate surface area is 119 Å². The van der Waals surface area contributed by atoms with E-state index in [1.165, 1.54) is 5.56 Å². The van der Waals surface area contributed by atoms with Gasteiger partial charge in [0.2, 0.25) is 0 Å². The Bertz CT molecular complexity index is 394. The largest absolute Gasteiger partial charge is 0.480 e. The van der Waals surface area contributed by atoms with Crippen LogP contribution in [0.25, 0.3) is 0 Å². The van der Waals surface area contributed by atoms with Crippen LogP contribution in [0.1, 0.15) is 32.8 Å². The lowest BCUT2D eigenvalue weighted by Crippen LogP contribution is -2.52. The van der Waals surface area contributed by atoms with Crippen molar-refractivity contribution in [2.45, 2.75) is 44.5 Å². The third kappa shape index (κ3) is 5.66. The van der Waals surface area contributed by atoms with Crippen LogP contribution in [0.4, 0.5) is 0 Å². The molecule has 0 amide bonds. The zero-order valence-electron chi connectivity index (χ0n) is 11.8. The van der Waals surface area contributed by atoms with Gasteiger partial charge in [-0.1, -0.05) is 30.3 Å². The van der Waals surface area contributed by atoms with Crippen molar-refractivity contribution in [2.75, 3.05) is 5.75 Å². The summed E-state index contributed by atoms with van der Waals surface area (Å²) < 4.78 is 0. The maximum Gasteiger partial charge on any atom is 0.323 e. The van der Waals surface area contributed by atoms with Gasteiger partial charge in [0.15, 0.2) is 0 Å². The Hall–Kier alpha value is -1.00. The summed E-state index contributed by atoms with van der Waals surface area (Å²) in [5.74, 6) is 0.983. The summed E-state index contributed by atoms with van der Waals surface area (Å²) in [7, 11) is 0. The third-order valence-corrected chi connectivity index (χ3v) is 3.97. The van der Waals surface area contributed by atoms with Crippen molar-refractivity contribution in [1.82, 2.24) is 5.32 Å². The van der Waals surface area contributed by atoms with E-state index in [1.54, 1.807) is 18.7 Å². The highest BCUT2D eigenvalue weighted by Gasteiger charge is 2.32. The number of hydrogen-bond acceptors (Lipinski definition) is 3. The molecule has 0 saturated heterocycles. The van der Waals surface area contributed by atoms with Crippen LogP contribution in [0.2, 0.25) is 0 Å². The number of aliphatic carboxylic acids is 1. The van der Waals surface area contributed by atoms with E-state index < -0.39 is 11.5 Å². The van der Waals surface area contributed by atoms with Crippen LogP contribution in [-0.2, 0) is 10.5 Å². The molecule has 4 heteroatoms. The lowest BCUT2D eigenvalue weighted by molar-refractivity contribution is -0.144. The summed E-state index contributed by atoms with van der Waals surface area (Å²) in [4.78, 5) is 11.3. The highest BCUT2D eigenvalue weighted by molar-refractivity contribution is 7.98. The van der Waals surface area contributed by atoms with Gasteiger partial charge in [-0.15, -0.1) is 0 Å². The zero-order chi connectivity index (χ0) is 14.3. The standard InChI is InChI=1S/C15H23NO2S/c1-12(2)16-15(3,14(17)18)9-10-19-11-13-7-5-4-6-8-13/h4-8,12,16H,9-11H2,1-3H3,(H,17,18). The molecule has 0 aromatic heterocycles. The molecule has 1 unspecified atom stereocenters. The minimum Gasteiger partial charge on any atom is -0.480 e. The Balaban J connectivity index is 2.39. The van der Waals surface area contributed by atoms with Gasteiger partial charge in [-0.3, -0.25) is 10.1 Å². The van der Waals surface area contributed by atoms with E-state index in [4.69, 9.17) is 0 Å². The molecule has 1 aromatic carbocycles. The van der Waals surface area contributed by atoms with E-state index in [-0.39, 0.29) is 6.04 Å². The Kier molecular flexibility index (Phi) is 6.38. The first-order valence-electron chi connectivity index (χ1n) is 6.57. The number of benzene rings is 1. The van der Waals surface area contributed by atoms with Crippen molar-refractivity contribution in [3.8, 4) is 0 Å². The third-order valence-electron chi connectivity index (χ3n) is 2.94. The molecule has 0 aliphatic carbocycles. The fraction of sp³-hybridized carbons (Fsp3) is 0.533. The van der Waals surface area contributed by atoms with Crippen molar-refractivity contribution in [1.29, 1.82) is 0 Å². The molecule has 0 saturated carbocycles. The van der Waals surface area contributed by atoms with Gasteiger partial charge in [-0.25, -0.2) is 0 Å². The first-order valence-corrected chi connectivity index (χ1v) is 7.72. The average molecular weight is 281 g/mol. The smallest absolute Gasteiger partial charge is 0.323 e. The number of hydrogen-bond donors (Lipinski definition) is 2. The topological polar surface area (TPSA) is 49.3 Å². The van der Waals surface area contributed by atoms with Gasteiger partial charge in [0, 0.05) is 11.8 Å². The van der Waals surface area contributed by atoms with Crippen LogP contribution in [0.5, 0.6) is 0 Å². The average Bonchev–Trinajstić information content (AvgIpc) is 2.35. The zero-order valence-corrected chi connectivity index (χ0v) is 12.7. The second-order valence-electron chi connectivity index (χ2n) is 5.22. The summed E-state index contributed by atoms with van der Waals surface area (Å²) in [5, 5.41) is 12.5. The molecule has 1 rings (SSSR count). The molecule has 0 aliphatic heterocycles. The van der Waals surface area contributed by atoms with Gasteiger partial charge in [0.25, 0.3) is 0 Å². The quantitative estimate of drug-likeness (QED) is 0.719. The monoisotopic (exact) mass is 281 g/mol. The molecule has 0 bridgehead atoms. The summed E-state index contributed by atoms with van der Waals surface area (Å²) in [6.07, 6.45) is 0.623. The van der Waals surface area contributed by atoms with Crippen molar-refractivity contribution >= 4 is 17.7 Å². The van der Waals surface area contributed by atoms with Crippen molar-refractivity contribution in [2.24, 2.45) is 0 Å². The van der Waals surface area contributed by atoms with Gasteiger partial charge < -0.3 is 5.11 Å². The van der Waals surface area contributed by atoms with Gasteiger partial charge in [-0.05, 0) is 38.5 Å². The van der Waals surface area contributed by atoms with E-state index in [0.717, 1.165) is 11.5 Å². The second kappa shape index (κ2) is 7.56. The SMILES string of the molecule is CC(C)NC(C)(CCSCc1ccccc1)C(=O)O. The van der Waals surface area contributed by atoms with E-state index in [9.17, 15) is 9.90 Å². The van der Waals surface area contributed by atoms with Gasteiger partial charge >= 0.3 is 5.97 Å². The maximum atomic E-state index is 11.3. The van der Waals surface area contributed by atoms with E-state index in [1.807, 2.05) is 32.0 Å². The van der Waals surface area contributed by atoms with Crippen molar-refractivity contribution < 1.29 is 9.90 Å². The van der Waals surface area contributed by atoms with Crippen LogP contribution in [0.3, 0.4) is 0 Å². The number of rotatable bonds is 8. The number of carbonyl (C=O) groups is 1. The molecular formula is C15H23NO2S. The maximum absolute atomic E-state index is 11.3. The molecule has 3 nitrogen and oxygen atoms in total. The molecule has 1 atom stereocenters. The molecule has 0 spiro atoms. The predicted octanol–water partition coefficient (Wildman–Crippen LogP) is 3.15. The van der Waals surface area contributed by atoms with Crippen LogP contribution >= 0.6 is 11.8 Å². The van der Waals surface area contributed by atoms with Crippen LogP contribution in [0, 0.1) is 0 Å². The molecule has 106 valence electrons. The summed E-state index contributed by atoms with van der Waals surface area (Å²) >= 11 is 1.77. The molecule has 0 radical (unpaired) electrons. The fourth-order valence-electron chi connectivity index (χ4n) is 1.92. The minimum atomic E-state index is -0.835. The number of thioether (sulfide) groups is 1. The molecule has 0 aliphatic rings. The normalized spacial score (nSPS) is 14.3. The molecule has 0 heterocycles. The molecule has 19 heavy (non-hydrogen) atoms. The van der Waals surface area contributed by atoms with E-state index in [0.29, 0.717) is 6.42 Å². The Morgan fingerprint density at radius 2 is 2.00 bits per heavy atom. The number of carboxylic acids is 1. The van der Waals surface area contributed by atoms with Crippen LogP contribution in [-0.4, -0.2) is 28.4 Å². The molecular weight excluding hydrogens is 258 g/mol. The highest BCUT2D eigenvalue weighted by Crippen LogP contribution is 2.19. The lowest BCUT2D eigenvalue weighted by Gasteiger charge is -2.28. The van der Waals surface area contributed by atoms with Crippen molar-refractivity contribution in [3.63, 3.8) is 0 Å². The Morgan fingerprint density at radius 3 is 2.53 bits per heavy atom. The molecule has 0 fully saturated rings. The first-order chi connectivity index (χ1) is 8.94. The highest BCUT2D eigenvalue weighted by atomic mass is 32.2. The van der Waals surface area contributed by atoms with E-state index in [2.05, 4.69) is 17.4 Å². The summed E-state index contributed by atoms with van der Waals surface area (Å²) in [5.41, 5.74) is 0.444. The van der Waals surface area contributed by atoms with Gasteiger partial charge in [0.1, 0.15) is 5.54 Å². The molecule has 2 N–H and O–H groups in total. The number of nitrogens with one attached hydrogen (secondary N) is 1. The lowest BCUT2D eigenvalue weighted by atomic mass is 9.98. The first kappa shape index (κ1) is 16.1. The van der Waals surface area contributed by atoms with E-state index >= 15 is 0 Å². The summed E-state index contributed by atoms with van der Waals surface area (Å²) in [6, 6.07) is 10.4. The minimum absolute atomic E-state index is 0.167. The Morgan fingerprint density at radius 1 is 1.37 bits per heavy atom.